The van der Waals surface area contributed by atoms with Gasteiger partial charge in [0.15, 0.2) is 0 Å². The molecular weight excluding hydrogens is 611 g/mol. The predicted molar refractivity (Wildman–Crippen MR) is 181 cm³/mol. The molecule has 1 amide bonds. The van der Waals surface area contributed by atoms with E-state index < -0.39 is 17.6 Å². The minimum atomic E-state index is -3.60. The second-order valence-electron chi connectivity index (χ2n) is 11.0. The molecule has 0 atom stereocenters. The lowest BCUT2D eigenvalue weighted by Gasteiger charge is -2.30. The van der Waals surface area contributed by atoms with Crippen molar-refractivity contribution < 1.29 is 26.8 Å². The van der Waals surface area contributed by atoms with Gasteiger partial charge in [-0.3, -0.25) is 13.7 Å². The zero-order valence-electron chi connectivity index (χ0n) is 26.0. The van der Waals surface area contributed by atoms with E-state index in [2.05, 4.69) is 15.5 Å². The molecule has 2 heterocycles. The van der Waals surface area contributed by atoms with E-state index in [4.69, 9.17) is 9.05 Å². The van der Waals surface area contributed by atoms with Crippen LogP contribution in [0.2, 0.25) is 0 Å². The lowest BCUT2D eigenvalue weighted by atomic mass is 10.00. The van der Waals surface area contributed by atoms with Crippen LogP contribution in [-0.2, 0) is 28.4 Å². The Labute approximate surface area is 266 Å². The Hall–Kier alpha value is -3.47. The highest BCUT2D eigenvalue weighted by Crippen LogP contribution is 2.48. The smallest absolute Gasteiger partial charge is 0.354 e. The molecule has 0 aliphatic carbocycles. The normalized spacial score (nSPS) is 16.6. The van der Waals surface area contributed by atoms with E-state index >= 15 is 0 Å². The number of hydrogen-bond donors (Lipinski definition) is 2. The van der Waals surface area contributed by atoms with Gasteiger partial charge in [-0.15, -0.1) is 0 Å². The van der Waals surface area contributed by atoms with Gasteiger partial charge in [0.25, 0.3) is 5.91 Å². The number of amides is 1. The van der Waals surface area contributed by atoms with Gasteiger partial charge in [0.1, 0.15) is 0 Å². The number of nitrogens with zero attached hydrogens (tertiary/aromatic N) is 2. The number of benzene rings is 3. The number of carbonyl (C=O) groups excluding carboxylic acids is 1. The Balaban J connectivity index is 1.50. The molecule has 240 valence electrons. The Morgan fingerprint density at radius 3 is 2.24 bits per heavy atom. The minimum Gasteiger partial charge on any atom is -0.354 e. The monoisotopic (exact) mass is 652 g/mol. The number of sulfonamides is 1. The predicted octanol–water partition coefficient (Wildman–Crippen LogP) is 5.76. The van der Waals surface area contributed by atoms with E-state index in [-0.39, 0.29) is 19.1 Å². The molecule has 0 saturated carbocycles. The molecule has 0 spiro atoms. The molecule has 0 bridgehead atoms. The van der Waals surface area contributed by atoms with Gasteiger partial charge in [-0.1, -0.05) is 36.8 Å². The zero-order chi connectivity index (χ0) is 32.0. The van der Waals surface area contributed by atoms with Gasteiger partial charge in [0.2, 0.25) is 10.0 Å². The largest absolute Gasteiger partial charge is 0.361 e. The quantitative estimate of drug-likeness (QED) is 0.177. The number of fused-ring (bicyclic) bond motifs is 1. The first-order chi connectivity index (χ1) is 21.6. The molecule has 0 radical (unpaired) electrons. The highest BCUT2D eigenvalue weighted by atomic mass is 32.2. The second kappa shape index (κ2) is 14.3. The minimum absolute atomic E-state index is 0.204. The third kappa shape index (κ3) is 7.68. The molecule has 5 rings (SSSR count). The van der Waals surface area contributed by atoms with Crippen molar-refractivity contribution in [3.63, 3.8) is 0 Å². The molecule has 3 aromatic rings. The van der Waals surface area contributed by atoms with Gasteiger partial charge < -0.3 is 24.6 Å². The number of carbonyl (C=O) groups is 1. The van der Waals surface area contributed by atoms with E-state index in [0.717, 1.165) is 31.5 Å². The summed E-state index contributed by atoms with van der Waals surface area (Å²) in [5.41, 5.74) is 4.08. The first kappa shape index (κ1) is 32.9. The van der Waals surface area contributed by atoms with Gasteiger partial charge in [0.05, 0.1) is 41.7 Å². The molecule has 1 saturated heterocycles. The SMILES string of the molecule is CCOP(=O)(OCC)c1ccc2c(c1)C(=C(Nc1ccc(N(CCN3CCCCC3)S(C)(=O)=O)cc1)c1ccccc1)C(=O)N2. The molecule has 0 unspecified atom stereocenters. The molecule has 12 heteroatoms. The van der Waals surface area contributed by atoms with Gasteiger partial charge in [-0.25, -0.2) is 8.42 Å². The number of piperidine rings is 1. The van der Waals surface area contributed by atoms with Crippen LogP contribution in [-0.4, -0.2) is 64.9 Å². The summed E-state index contributed by atoms with van der Waals surface area (Å²) in [6.45, 7) is 6.94. The van der Waals surface area contributed by atoms with E-state index in [9.17, 15) is 17.8 Å². The first-order valence-corrected chi connectivity index (χ1v) is 18.7. The summed E-state index contributed by atoms with van der Waals surface area (Å²) in [4.78, 5) is 15.8. The van der Waals surface area contributed by atoms with E-state index in [1.165, 1.54) is 17.0 Å². The van der Waals surface area contributed by atoms with Crippen molar-refractivity contribution in [3.05, 3.63) is 83.9 Å². The summed E-state index contributed by atoms with van der Waals surface area (Å²) in [6.07, 6.45) is 4.73. The average molecular weight is 653 g/mol. The molecule has 2 N–H and O–H groups in total. The van der Waals surface area contributed by atoms with Crippen molar-refractivity contribution in [1.29, 1.82) is 0 Å². The maximum atomic E-state index is 13.6. The van der Waals surface area contributed by atoms with Gasteiger partial charge in [-0.2, -0.15) is 0 Å². The van der Waals surface area contributed by atoms with Crippen LogP contribution in [0, 0.1) is 0 Å². The van der Waals surface area contributed by atoms with Crippen LogP contribution < -0.4 is 20.2 Å². The lowest BCUT2D eigenvalue weighted by molar-refractivity contribution is -0.110. The van der Waals surface area contributed by atoms with Crippen molar-refractivity contribution in [3.8, 4) is 0 Å². The van der Waals surface area contributed by atoms with Crippen LogP contribution in [0.5, 0.6) is 0 Å². The fraction of sp³-hybridized carbons (Fsp3) is 0.364. The fourth-order valence-electron chi connectivity index (χ4n) is 5.74. The van der Waals surface area contributed by atoms with E-state index in [1.807, 2.05) is 30.3 Å². The number of likely N-dealkylation sites (tertiary alicyclic amines) is 1. The zero-order valence-corrected chi connectivity index (χ0v) is 27.7. The maximum Gasteiger partial charge on any atom is 0.361 e. The number of anilines is 3. The van der Waals surface area contributed by atoms with Crippen LogP contribution in [0.1, 0.15) is 44.2 Å². The Morgan fingerprint density at radius 1 is 0.956 bits per heavy atom. The maximum absolute atomic E-state index is 13.6. The lowest BCUT2D eigenvalue weighted by Crippen LogP contribution is -2.40. The summed E-state index contributed by atoms with van der Waals surface area (Å²) < 4.78 is 51.7. The van der Waals surface area contributed by atoms with Crippen LogP contribution in [0.15, 0.2) is 72.8 Å². The Bertz CT molecular complexity index is 1680. The topological polar surface area (TPSA) is 117 Å². The standard InChI is InChI=1S/C33H41N4O6PS/c1-4-42-44(39,43-5-2)28-18-19-30-29(24-28)31(33(38)35-30)32(25-12-8-6-9-13-25)34-26-14-16-27(17-15-26)37(45(3,40)41)23-22-36-20-10-7-11-21-36/h6,8-9,12-19,24,34H,4-5,7,10-11,20-23H2,1-3H3,(H,35,38). The van der Waals surface area contributed by atoms with Crippen molar-refractivity contribution in [2.75, 3.05) is 60.6 Å². The van der Waals surface area contributed by atoms with Crippen molar-refractivity contribution >= 4 is 57.2 Å². The Morgan fingerprint density at radius 2 is 1.62 bits per heavy atom. The van der Waals surface area contributed by atoms with Crippen LogP contribution in [0.4, 0.5) is 17.1 Å². The summed E-state index contributed by atoms with van der Waals surface area (Å²) in [5, 5.41) is 6.70. The van der Waals surface area contributed by atoms with Gasteiger partial charge in [-0.05, 0) is 87.8 Å². The van der Waals surface area contributed by atoms with Gasteiger partial charge >= 0.3 is 7.60 Å². The highest BCUT2D eigenvalue weighted by molar-refractivity contribution is 7.92. The molecule has 1 fully saturated rings. The molecule has 10 nitrogen and oxygen atoms in total. The third-order valence-electron chi connectivity index (χ3n) is 7.87. The van der Waals surface area contributed by atoms with Crippen molar-refractivity contribution in [1.82, 2.24) is 4.90 Å². The third-order valence-corrected chi connectivity index (χ3v) is 11.2. The fourth-order valence-corrected chi connectivity index (χ4v) is 8.26. The van der Waals surface area contributed by atoms with Crippen molar-refractivity contribution in [2.24, 2.45) is 0 Å². The molecule has 0 aromatic heterocycles. The summed E-state index contributed by atoms with van der Waals surface area (Å²) in [6, 6.07) is 21.7. The molecule has 2 aliphatic rings. The Kier molecular flexibility index (Phi) is 10.5. The molecule has 2 aliphatic heterocycles. The number of rotatable bonds is 13. The van der Waals surface area contributed by atoms with E-state index in [0.29, 0.717) is 52.3 Å². The highest BCUT2D eigenvalue weighted by Gasteiger charge is 2.33. The summed E-state index contributed by atoms with van der Waals surface area (Å²) >= 11 is 0. The second-order valence-corrected chi connectivity index (χ2v) is 15.0. The summed E-state index contributed by atoms with van der Waals surface area (Å²) in [7, 11) is -7.10. The van der Waals surface area contributed by atoms with Crippen LogP contribution in [0.3, 0.4) is 0 Å². The number of hydrogen-bond acceptors (Lipinski definition) is 8. The molecule has 3 aromatic carbocycles. The van der Waals surface area contributed by atoms with Gasteiger partial charge in [0, 0.05) is 30.0 Å². The number of nitrogens with one attached hydrogen (secondary N) is 2. The average Bonchev–Trinajstić information content (AvgIpc) is 3.36. The van der Waals surface area contributed by atoms with Crippen LogP contribution in [0.25, 0.3) is 11.3 Å². The molecule has 45 heavy (non-hydrogen) atoms. The van der Waals surface area contributed by atoms with Crippen molar-refractivity contribution in [2.45, 2.75) is 33.1 Å². The molecular formula is C33H41N4O6PS. The van der Waals surface area contributed by atoms with Crippen LogP contribution >= 0.6 is 7.60 Å². The summed E-state index contributed by atoms with van der Waals surface area (Å²) in [5.74, 6) is -0.311. The first-order valence-electron chi connectivity index (χ1n) is 15.3. The van der Waals surface area contributed by atoms with E-state index in [1.54, 1.807) is 56.3 Å².